The first-order valence-electron chi connectivity index (χ1n) is 41.4. The molecule has 0 spiro atoms. The molecule has 19 heteroatoms. The lowest BCUT2D eigenvalue weighted by Crippen LogP contribution is -2.30. The zero-order chi connectivity index (χ0) is 77.4. The highest BCUT2D eigenvalue weighted by molar-refractivity contribution is 7.47. The fourth-order valence-corrected chi connectivity index (χ4v) is 12.4. The Balaban J connectivity index is 5.39. The van der Waals surface area contributed by atoms with Crippen LogP contribution in [0, 0.1) is 0 Å². The van der Waals surface area contributed by atoms with Gasteiger partial charge in [0.25, 0.3) is 0 Å². The molecule has 0 bridgehead atoms. The van der Waals surface area contributed by atoms with Crippen LogP contribution in [0.4, 0.5) is 0 Å². The van der Waals surface area contributed by atoms with Crippen molar-refractivity contribution >= 4 is 39.5 Å². The van der Waals surface area contributed by atoms with Gasteiger partial charge in [0.1, 0.15) is 19.3 Å². The Labute approximate surface area is 644 Å². The summed E-state index contributed by atoms with van der Waals surface area (Å²) in [5.41, 5.74) is 0. The van der Waals surface area contributed by atoms with E-state index in [4.69, 9.17) is 37.0 Å². The van der Waals surface area contributed by atoms with E-state index in [0.717, 1.165) is 180 Å². The molecule has 0 aliphatic rings. The third kappa shape index (κ3) is 77.4. The number of carbonyl (C=O) groups is 4. The van der Waals surface area contributed by atoms with Gasteiger partial charge in [0.05, 0.1) is 26.4 Å². The van der Waals surface area contributed by atoms with E-state index in [-0.39, 0.29) is 25.7 Å². The Morgan fingerprint density at radius 2 is 0.491 bits per heavy atom. The highest BCUT2D eigenvalue weighted by Gasteiger charge is 2.30. The van der Waals surface area contributed by atoms with Crippen molar-refractivity contribution in [3.05, 3.63) is 134 Å². The number of aliphatic hydroxyl groups excluding tert-OH is 1. The van der Waals surface area contributed by atoms with E-state index in [9.17, 15) is 43.2 Å². The molecule has 0 amide bonds. The molecular weight excluding hydrogens is 1380 g/mol. The summed E-state index contributed by atoms with van der Waals surface area (Å²) in [6, 6.07) is 0. The largest absolute Gasteiger partial charge is 0.472 e. The normalized spacial score (nSPS) is 14.5. The number of hydrogen-bond donors (Lipinski definition) is 3. The van der Waals surface area contributed by atoms with Crippen LogP contribution in [0.5, 0.6) is 0 Å². The topological polar surface area (TPSA) is 237 Å². The van der Waals surface area contributed by atoms with Crippen LogP contribution < -0.4 is 0 Å². The van der Waals surface area contributed by atoms with Gasteiger partial charge >= 0.3 is 39.5 Å². The molecule has 0 radical (unpaired) electrons. The summed E-state index contributed by atoms with van der Waals surface area (Å²) in [5.74, 6) is -2.24. The molecule has 0 saturated carbocycles. The fourth-order valence-electron chi connectivity index (χ4n) is 10.9. The van der Waals surface area contributed by atoms with Gasteiger partial charge in [0, 0.05) is 25.7 Å². The number of allylic oxidation sites excluding steroid dienone is 22. The SMILES string of the molecule is CC/C=C\C/C=C\C/C=C\C/C=C\CCCCCCCCC(=O)OCC(COP(=O)(O)OCC(O)COP(=O)(O)OCC(COC(=O)CCCCCCCC/C=C\C/C=C\C/C=C\CCCCC)OC(=O)CCCC/C=C\C/C=C\C/C=C\C/C=C\CC)OC(=O)CCCCCCCCCCCCCCC. The van der Waals surface area contributed by atoms with Crippen molar-refractivity contribution in [2.45, 2.75) is 354 Å². The van der Waals surface area contributed by atoms with E-state index in [1.165, 1.54) is 70.6 Å². The first kappa shape index (κ1) is 101. The Hall–Kier alpha value is -4.80. The summed E-state index contributed by atoms with van der Waals surface area (Å²) in [6.07, 6.45) is 88.5. The minimum atomic E-state index is -5.00. The van der Waals surface area contributed by atoms with Gasteiger partial charge in [0.15, 0.2) is 12.2 Å². The maximum absolute atomic E-state index is 13.1. The standard InChI is InChI=1S/C87H148O17P2/c1-5-9-13-17-21-25-29-33-36-38-40-42-45-48-51-55-59-63-67-71-84(89)97-77-82(103-86(91)73-69-65-61-57-53-47-32-28-24-20-16-12-8-4)79-101-105(93,94)99-75-81(88)76-100-106(95,96)102-80-83(104-87(92)74-70-66-62-58-54-50-44-35-31-27-23-19-15-11-7-3)78-98-85(90)72-68-64-60-56-52-49-46-43-41-39-37-34-30-26-22-18-14-10-6-2/h9,11,13,15,21-23,25-27,33-37,40-44,54,58,81-83,88H,5-8,10,12,14,16-20,24,28-32,38-39,45-53,55-57,59-80H2,1-4H3,(H,93,94)(H,95,96)/b13-9-,15-11-,25-21-,26-22-,27-23-,36-33-,37-34-,42-40-,43-41-,44-35-,58-54-. The van der Waals surface area contributed by atoms with E-state index in [0.29, 0.717) is 32.1 Å². The molecule has 0 aromatic rings. The second-order valence-corrected chi connectivity index (χ2v) is 30.2. The molecule has 0 fully saturated rings. The molecule has 5 unspecified atom stereocenters. The van der Waals surface area contributed by atoms with Gasteiger partial charge in [-0.05, 0) is 141 Å². The van der Waals surface area contributed by atoms with E-state index >= 15 is 0 Å². The van der Waals surface area contributed by atoms with Gasteiger partial charge in [-0.3, -0.25) is 37.3 Å². The zero-order valence-electron chi connectivity index (χ0n) is 66.6. The summed E-state index contributed by atoms with van der Waals surface area (Å²) in [5, 5.41) is 10.7. The van der Waals surface area contributed by atoms with Gasteiger partial charge in [-0.25, -0.2) is 9.13 Å². The molecule has 0 rings (SSSR count). The van der Waals surface area contributed by atoms with E-state index < -0.39 is 97.5 Å². The van der Waals surface area contributed by atoms with E-state index in [1.54, 1.807) is 0 Å². The van der Waals surface area contributed by atoms with Crippen LogP contribution >= 0.6 is 15.6 Å². The quantitative estimate of drug-likeness (QED) is 0.0169. The molecule has 3 N–H and O–H groups in total. The highest BCUT2D eigenvalue weighted by Crippen LogP contribution is 2.45. The smallest absolute Gasteiger partial charge is 0.462 e. The van der Waals surface area contributed by atoms with Crippen LogP contribution in [0.25, 0.3) is 0 Å². The minimum Gasteiger partial charge on any atom is -0.462 e. The van der Waals surface area contributed by atoms with Crippen molar-refractivity contribution in [1.29, 1.82) is 0 Å². The third-order valence-corrected chi connectivity index (χ3v) is 19.0. The lowest BCUT2D eigenvalue weighted by Gasteiger charge is -2.21. The number of esters is 4. The second-order valence-electron chi connectivity index (χ2n) is 27.3. The Morgan fingerprint density at radius 3 is 0.792 bits per heavy atom. The van der Waals surface area contributed by atoms with E-state index in [2.05, 4.69) is 161 Å². The summed E-state index contributed by atoms with van der Waals surface area (Å²) in [6.45, 7) is 4.57. The highest BCUT2D eigenvalue weighted by atomic mass is 31.2. The Bertz CT molecular complexity index is 2530. The predicted molar refractivity (Wildman–Crippen MR) is 436 cm³/mol. The van der Waals surface area contributed by atoms with Gasteiger partial charge in [0.2, 0.25) is 0 Å². The van der Waals surface area contributed by atoms with Crippen molar-refractivity contribution in [3.63, 3.8) is 0 Å². The number of phosphoric acid groups is 2. The number of hydrogen-bond acceptors (Lipinski definition) is 15. The van der Waals surface area contributed by atoms with Crippen LogP contribution in [-0.4, -0.2) is 96.7 Å². The molecule has 608 valence electrons. The molecule has 0 aliphatic carbocycles. The van der Waals surface area contributed by atoms with Crippen molar-refractivity contribution in [1.82, 2.24) is 0 Å². The van der Waals surface area contributed by atoms with Crippen molar-refractivity contribution in [3.8, 4) is 0 Å². The summed E-state index contributed by atoms with van der Waals surface area (Å²) >= 11 is 0. The maximum atomic E-state index is 13.1. The molecule has 0 aromatic carbocycles. The molecular formula is C87H148O17P2. The van der Waals surface area contributed by atoms with Crippen molar-refractivity contribution < 1.29 is 80.2 Å². The molecule has 0 aliphatic heterocycles. The predicted octanol–water partition coefficient (Wildman–Crippen LogP) is 24.4. The molecule has 106 heavy (non-hydrogen) atoms. The van der Waals surface area contributed by atoms with Crippen LogP contribution in [0.3, 0.4) is 0 Å². The summed E-state index contributed by atoms with van der Waals surface area (Å²) < 4.78 is 68.7. The Morgan fingerprint density at radius 1 is 0.274 bits per heavy atom. The number of unbranched alkanes of at least 4 members (excludes halogenated alkanes) is 29. The molecule has 0 saturated heterocycles. The average Bonchev–Trinajstić information content (AvgIpc) is 0.901. The van der Waals surface area contributed by atoms with Crippen molar-refractivity contribution in [2.75, 3.05) is 39.6 Å². The number of rotatable bonds is 77. The van der Waals surface area contributed by atoms with Gasteiger partial charge in [-0.15, -0.1) is 0 Å². The van der Waals surface area contributed by atoms with Gasteiger partial charge in [-0.2, -0.15) is 0 Å². The first-order valence-corrected chi connectivity index (χ1v) is 44.4. The van der Waals surface area contributed by atoms with Crippen LogP contribution in [0.2, 0.25) is 0 Å². The monoisotopic (exact) mass is 1530 g/mol. The lowest BCUT2D eigenvalue weighted by molar-refractivity contribution is -0.161. The number of ether oxygens (including phenoxy) is 4. The Kier molecular flexibility index (Phi) is 74.8. The number of carbonyl (C=O) groups excluding carboxylic acids is 4. The maximum Gasteiger partial charge on any atom is 0.472 e. The second kappa shape index (κ2) is 78.3. The fraction of sp³-hybridized carbons (Fsp3) is 0.701. The van der Waals surface area contributed by atoms with Crippen LogP contribution in [0.15, 0.2) is 134 Å². The van der Waals surface area contributed by atoms with Crippen molar-refractivity contribution in [2.24, 2.45) is 0 Å². The first-order chi connectivity index (χ1) is 51.7. The minimum absolute atomic E-state index is 0.0372. The molecule has 17 nitrogen and oxygen atoms in total. The number of aliphatic hydroxyl groups is 1. The van der Waals surface area contributed by atoms with Crippen LogP contribution in [-0.2, 0) is 65.4 Å². The molecule has 0 aromatic heterocycles. The van der Waals surface area contributed by atoms with Crippen LogP contribution in [0.1, 0.15) is 336 Å². The zero-order valence-corrected chi connectivity index (χ0v) is 68.4. The van der Waals surface area contributed by atoms with Gasteiger partial charge < -0.3 is 33.8 Å². The summed E-state index contributed by atoms with van der Waals surface area (Å²) in [4.78, 5) is 73.1. The number of phosphoric ester groups is 2. The van der Waals surface area contributed by atoms with E-state index in [1.807, 2.05) is 0 Å². The molecule has 5 atom stereocenters. The molecule has 0 heterocycles. The van der Waals surface area contributed by atoms with Gasteiger partial charge in [-0.1, -0.05) is 303 Å². The third-order valence-electron chi connectivity index (χ3n) is 17.1. The summed E-state index contributed by atoms with van der Waals surface area (Å²) in [7, 11) is -9.98. The lowest BCUT2D eigenvalue weighted by atomic mass is 10.0. The average molecular weight is 1530 g/mol.